The molecule has 1 aliphatic heterocycles. The van der Waals surface area contributed by atoms with Gasteiger partial charge in [-0.25, -0.2) is 0 Å². The second-order valence-corrected chi connectivity index (χ2v) is 15.3. The lowest BCUT2D eigenvalue weighted by Crippen LogP contribution is -2.53. The molecular weight excluding hydrogens is 618 g/mol. The average Bonchev–Trinajstić information content (AvgIpc) is 2.99. The van der Waals surface area contributed by atoms with Gasteiger partial charge in [-0.3, -0.25) is 19.2 Å². The highest BCUT2D eigenvalue weighted by atomic mass is 16.6. The minimum absolute atomic E-state index is 0.0472. The third kappa shape index (κ3) is 9.68. The predicted molar refractivity (Wildman–Crippen MR) is 193 cm³/mol. The van der Waals surface area contributed by atoms with Crippen molar-refractivity contribution in [3.05, 3.63) is 75.4 Å². The Morgan fingerprint density at radius 3 is 2.06 bits per heavy atom. The zero-order chi connectivity index (χ0) is 37.0. The van der Waals surface area contributed by atoms with E-state index < -0.39 is 47.0 Å². The van der Waals surface area contributed by atoms with Crippen LogP contribution in [0, 0.1) is 30.6 Å². The van der Waals surface area contributed by atoms with Gasteiger partial charge in [0.25, 0.3) is 0 Å². The number of Topliss-reactive ketones (excluding diaryl/α,β-unsaturated/α-hetero) is 1. The first-order valence-corrected chi connectivity index (χ1v) is 17.4. The topological polar surface area (TPSA) is 122 Å². The third-order valence-electron chi connectivity index (χ3n) is 9.94. The SMILES string of the molecule is CC[C@H]1O[C@@H](c2cc(Cc3ccc(/C=C/C(C)(C)C(=O)CC(C)(C)C(N)=O)cc3C)c(C(C)C)cc2C)[C@H](OC(C)=O)[C@@H](OC(C)=O)[C@@H]1C. The van der Waals surface area contributed by atoms with Crippen molar-refractivity contribution in [2.45, 2.75) is 133 Å². The highest BCUT2D eigenvalue weighted by molar-refractivity contribution is 5.92. The van der Waals surface area contributed by atoms with Gasteiger partial charge in [-0.05, 0) is 85.4 Å². The zero-order valence-corrected chi connectivity index (χ0v) is 31.6. The van der Waals surface area contributed by atoms with Gasteiger partial charge in [-0.15, -0.1) is 0 Å². The first-order valence-electron chi connectivity index (χ1n) is 17.4. The minimum atomic E-state index is -0.907. The van der Waals surface area contributed by atoms with Gasteiger partial charge in [-0.2, -0.15) is 0 Å². The lowest BCUT2D eigenvalue weighted by molar-refractivity contribution is -0.225. The number of allylic oxidation sites excluding steroid dienone is 1. The molecule has 1 saturated heterocycles. The van der Waals surface area contributed by atoms with E-state index in [9.17, 15) is 19.2 Å². The molecule has 49 heavy (non-hydrogen) atoms. The molecule has 0 aliphatic carbocycles. The lowest BCUT2D eigenvalue weighted by Gasteiger charge is -2.45. The van der Waals surface area contributed by atoms with Crippen LogP contribution in [0.2, 0.25) is 0 Å². The molecule has 8 heteroatoms. The van der Waals surface area contributed by atoms with Gasteiger partial charge in [0.15, 0.2) is 6.10 Å². The van der Waals surface area contributed by atoms with E-state index in [-0.39, 0.29) is 30.1 Å². The van der Waals surface area contributed by atoms with Crippen LogP contribution < -0.4 is 5.73 Å². The molecule has 2 aromatic carbocycles. The van der Waals surface area contributed by atoms with Gasteiger partial charge in [0, 0.05) is 31.6 Å². The number of hydrogen-bond donors (Lipinski definition) is 1. The van der Waals surface area contributed by atoms with Crippen molar-refractivity contribution in [1.29, 1.82) is 0 Å². The molecule has 1 aliphatic rings. The van der Waals surface area contributed by atoms with E-state index in [2.05, 4.69) is 51.1 Å². The number of amides is 1. The van der Waals surface area contributed by atoms with Crippen molar-refractivity contribution >= 4 is 29.7 Å². The number of hydrogen-bond acceptors (Lipinski definition) is 7. The number of benzene rings is 2. The number of rotatable bonds is 13. The summed E-state index contributed by atoms with van der Waals surface area (Å²) in [6, 6.07) is 10.7. The molecule has 0 aromatic heterocycles. The molecule has 0 unspecified atom stereocenters. The standard InChI is InChI=1S/C41H57NO7/c1-13-34-26(6)36(47-27(7)43)38(48-28(8)44)37(49-34)33-21-31(32(23(2)3)19-25(33)5)20-30-15-14-29(18-24(30)4)16-17-40(9,10)35(45)22-41(11,12)39(42)46/h14-19,21,23,26,34,36-38H,13,20,22H2,1-12H3,(H2,42,46)/b17-16+/t26-,34-,36+,37+,38-/m1/s1. The second kappa shape index (κ2) is 15.8. The molecule has 0 saturated carbocycles. The quantitative estimate of drug-likeness (QED) is 0.214. The Kier molecular flexibility index (Phi) is 12.8. The van der Waals surface area contributed by atoms with E-state index in [1.54, 1.807) is 13.8 Å². The summed E-state index contributed by atoms with van der Waals surface area (Å²) in [6.07, 6.45) is 3.08. The Labute approximate surface area is 293 Å². The largest absolute Gasteiger partial charge is 0.458 e. The van der Waals surface area contributed by atoms with Crippen LogP contribution in [-0.4, -0.2) is 41.9 Å². The zero-order valence-electron chi connectivity index (χ0n) is 31.6. The highest BCUT2D eigenvalue weighted by Crippen LogP contribution is 2.42. The van der Waals surface area contributed by atoms with E-state index in [4.69, 9.17) is 19.9 Å². The lowest BCUT2D eigenvalue weighted by atomic mass is 9.77. The van der Waals surface area contributed by atoms with Crippen molar-refractivity contribution in [2.24, 2.45) is 22.5 Å². The average molecular weight is 676 g/mol. The fraction of sp³-hybridized carbons (Fsp3) is 0.561. The Morgan fingerprint density at radius 1 is 0.918 bits per heavy atom. The molecule has 3 rings (SSSR count). The summed E-state index contributed by atoms with van der Waals surface area (Å²) in [5.41, 5.74) is 11.4. The number of esters is 2. The summed E-state index contributed by atoms with van der Waals surface area (Å²) in [6.45, 7) is 22.3. The smallest absolute Gasteiger partial charge is 0.303 e. The van der Waals surface area contributed by atoms with E-state index >= 15 is 0 Å². The molecule has 2 aromatic rings. The molecule has 0 radical (unpaired) electrons. The Hall–Kier alpha value is -3.78. The van der Waals surface area contributed by atoms with Crippen LogP contribution >= 0.6 is 0 Å². The number of primary amides is 1. The van der Waals surface area contributed by atoms with Crippen LogP contribution in [0.3, 0.4) is 0 Å². The second-order valence-electron chi connectivity index (χ2n) is 15.3. The molecule has 1 fully saturated rings. The summed E-state index contributed by atoms with van der Waals surface area (Å²) >= 11 is 0. The van der Waals surface area contributed by atoms with Crippen molar-refractivity contribution in [2.75, 3.05) is 0 Å². The molecule has 0 bridgehead atoms. The van der Waals surface area contributed by atoms with Gasteiger partial charge in [-0.1, -0.05) is 84.0 Å². The summed E-state index contributed by atoms with van der Waals surface area (Å²) in [5.74, 6) is -1.32. The normalized spacial score (nSPS) is 21.5. The highest BCUT2D eigenvalue weighted by Gasteiger charge is 2.48. The Balaban J connectivity index is 1.99. The molecule has 2 N–H and O–H groups in total. The fourth-order valence-corrected chi connectivity index (χ4v) is 6.61. The number of nitrogens with two attached hydrogens (primary N) is 1. The molecule has 268 valence electrons. The van der Waals surface area contributed by atoms with Crippen molar-refractivity contribution in [3.8, 4) is 0 Å². The van der Waals surface area contributed by atoms with Crippen molar-refractivity contribution in [3.63, 3.8) is 0 Å². The summed E-state index contributed by atoms with van der Waals surface area (Å²) in [5, 5.41) is 0. The molecule has 5 atom stereocenters. The third-order valence-corrected chi connectivity index (χ3v) is 9.94. The summed E-state index contributed by atoms with van der Waals surface area (Å²) < 4.78 is 18.3. The van der Waals surface area contributed by atoms with Crippen LogP contribution in [-0.2, 0) is 39.8 Å². The van der Waals surface area contributed by atoms with Crippen LogP contribution in [0.1, 0.15) is 133 Å². The predicted octanol–water partition coefficient (Wildman–Crippen LogP) is 7.88. The van der Waals surface area contributed by atoms with Crippen molar-refractivity contribution < 1.29 is 33.4 Å². The van der Waals surface area contributed by atoms with Crippen LogP contribution in [0.5, 0.6) is 0 Å². The summed E-state index contributed by atoms with van der Waals surface area (Å²) in [4.78, 5) is 49.4. The number of ether oxygens (including phenoxy) is 3. The van der Waals surface area contributed by atoms with E-state index in [0.29, 0.717) is 6.42 Å². The van der Waals surface area contributed by atoms with Crippen LogP contribution in [0.4, 0.5) is 0 Å². The maximum Gasteiger partial charge on any atom is 0.303 e. The van der Waals surface area contributed by atoms with Crippen LogP contribution in [0.15, 0.2) is 36.4 Å². The van der Waals surface area contributed by atoms with Crippen LogP contribution in [0.25, 0.3) is 6.08 Å². The maximum absolute atomic E-state index is 13.1. The van der Waals surface area contributed by atoms with Crippen molar-refractivity contribution in [1.82, 2.24) is 0 Å². The molecule has 1 heterocycles. The first kappa shape index (κ1) is 39.7. The maximum atomic E-state index is 13.1. The van der Waals surface area contributed by atoms with E-state index in [1.165, 1.54) is 19.4 Å². The Bertz CT molecular complexity index is 1580. The first-order chi connectivity index (χ1) is 22.7. The van der Waals surface area contributed by atoms with Gasteiger partial charge in [0.1, 0.15) is 18.0 Å². The Morgan fingerprint density at radius 2 is 1.53 bits per heavy atom. The molecular formula is C41H57NO7. The summed E-state index contributed by atoms with van der Waals surface area (Å²) in [7, 11) is 0. The molecule has 0 spiro atoms. The van der Waals surface area contributed by atoms with Gasteiger partial charge < -0.3 is 19.9 Å². The number of carbonyl (C=O) groups is 4. The number of ketones is 1. The fourth-order valence-electron chi connectivity index (χ4n) is 6.61. The number of carbonyl (C=O) groups excluding carboxylic acids is 4. The van der Waals surface area contributed by atoms with Gasteiger partial charge >= 0.3 is 11.9 Å². The molecule has 1 amide bonds. The molecule has 8 nitrogen and oxygen atoms in total. The minimum Gasteiger partial charge on any atom is -0.458 e. The van der Waals surface area contributed by atoms with E-state index in [1.807, 2.05) is 46.8 Å². The van der Waals surface area contributed by atoms with E-state index in [0.717, 1.165) is 39.8 Å². The number of aryl methyl sites for hydroxylation is 2. The van der Waals surface area contributed by atoms with Gasteiger partial charge in [0.2, 0.25) is 5.91 Å². The monoisotopic (exact) mass is 675 g/mol. The van der Waals surface area contributed by atoms with Gasteiger partial charge in [0.05, 0.1) is 11.5 Å².